The summed E-state index contributed by atoms with van der Waals surface area (Å²) < 4.78 is 12.8. The zero-order valence-electron chi connectivity index (χ0n) is 14.0. The van der Waals surface area contributed by atoms with E-state index in [1.165, 1.54) is 12.8 Å². The van der Waals surface area contributed by atoms with Gasteiger partial charge in [0, 0.05) is 36.0 Å². The molecule has 0 bridgehead atoms. The molecule has 1 aromatic heterocycles. The first kappa shape index (κ1) is 15.8. The zero-order valence-corrected chi connectivity index (χ0v) is 14.0. The molecule has 0 aliphatic carbocycles. The van der Waals surface area contributed by atoms with Crippen LogP contribution in [0.3, 0.4) is 0 Å². The lowest BCUT2D eigenvalue weighted by molar-refractivity contribution is -0.519. The van der Waals surface area contributed by atoms with Crippen LogP contribution in [0.4, 0.5) is 0 Å². The molecule has 0 spiro atoms. The van der Waals surface area contributed by atoms with Gasteiger partial charge in [0.15, 0.2) is 11.5 Å². The van der Waals surface area contributed by atoms with E-state index in [0.29, 0.717) is 11.1 Å². The maximum atomic E-state index is 12.9. The van der Waals surface area contributed by atoms with Crippen LogP contribution >= 0.6 is 0 Å². The Balaban J connectivity index is 2.04. The van der Waals surface area contributed by atoms with Gasteiger partial charge in [0.05, 0.1) is 13.1 Å². The molecule has 124 valence electrons. The summed E-state index contributed by atoms with van der Waals surface area (Å²) in [6.07, 6.45) is 5.33. The molecule has 0 saturated carbocycles. The highest BCUT2D eigenvalue weighted by atomic mass is 16.5. The molecule has 0 radical (unpaired) electrons. The lowest BCUT2D eigenvalue weighted by Crippen LogP contribution is -2.18. The van der Waals surface area contributed by atoms with Crippen molar-refractivity contribution in [2.45, 2.75) is 46.0 Å². The Morgan fingerprint density at radius 1 is 1.22 bits per heavy atom. The fraction of sp³-hybridized carbons (Fsp3) is 0.556. The fourth-order valence-electron chi connectivity index (χ4n) is 3.65. The second kappa shape index (κ2) is 6.22. The van der Waals surface area contributed by atoms with E-state index in [1.54, 1.807) is 6.92 Å². The summed E-state index contributed by atoms with van der Waals surface area (Å²) in [4.78, 5) is 12.9. The third kappa shape index (κ3) is 2.69. The first-order valence-corrected chi connectivity index (χ1v) is 8.24. The highest BCUT2D eigenvalue weighted by Gasteiger charge is 2.31. The summed E-state index contributed by atoms with van der Waals surface area (Å²) in [7, 11) is 1.45. The molecule has 3 heterocycles. The zero-order chi connectivity index (χ0) is 16.6. The number of rotatable bonds is 3. The summed E-state index contributed by atoms with van der Waals surface area (Å²) in [6, 6.07) is 0. The average molecular weight is 317 g/mol. The molecule has 1 aromatic rings. The Bertz CT molecular complexity index is 709. The van der Waals surface area contributed by atoms with E-state index in [-0.39, 0.29) is 17.3 Å². The van der Waals surface area contributed by atoms with E-state index in [4.69, 9.17) is 9.15 Å². The van der Waals surface area contributed by atoms with Crippen molar-refractivity contribution in [3.63, 3.8) is 0 Å². The Morgan fingerprint density at radius 2 is 1.96 bits per heavy atom. The fourth-order valence-corrected chi connectivity index (χ4v) is 3.65. The predicted octanol–water partition coefficient (Wildman–Crippen LogP) is 2.60. The van der Waals surface area contributed by atoms with Gasteiger partial charge in [-0.1, -0.05) is 0 Å². The molecule has 5 nitrogen and oxygen atoms in total. The number of hydrogen-bond donors (Lipinski definition) is 0. The van der Waals surface area contributed by atoms with Crippen molar-refractivity contribution in [2.24, 2.45) is 0 Å². The van der Waals surface area contributed by atoms with Gasteiger partial charge in [0.1, 0.15) is 24.6 Å². The number of nitrogens with zero attached hydrogens (tertiary/aromatic N) is 1. The lowest BCUT2D eigenvalue weighted by Gasteiger charge is -2.10. The van der Waals surface area contributed by atoms with Gasteiger partial charge >= 0.3 is 0 Å². The molecule has 3 rings (SSSR count). The van der Waals surface area contributed by atoms with Gasteiger partial charge in [0.25, 0.3) is 0 Å². The van der Waals surface area contributed by atoms with Crippen molar-refractivity contribution in [3.8, 4) is 11.7 Å². The SMILES string of the molecule is COc1c(C(=O)/C(C)=C2\CCCC[N+]3=C2CCC3)oc([O-])c1C. The molecular weight excluding hydrogens is 294 g/mol. The molecule has 2 aliphatic heterocycles. The minimum atomic E-state index is -0.501. The van der Waals surface area contributed by atoms with Gasteiger partial charge in [-0.25, -0.2) is 4.58 Å². The Morgan fingerprint density at radius 3 is 2.70 bits per heavy atom. The largest absolute Gasteiger partial charge is 0.573 e. The molecule has 0 amide bonds. The maximum Gasteiger partial charge on any atom is 0.199 e. The van der Waals surface area contributed by atoms with Gasteiger partial charge < -0.3 is 14.3 Å². The Hall–Kier alpha value is -2.04. The second-order valence-electron chi connectivity index (χ2n) is 6.30. The highest BCUT2D eigenvalue weighted by molar-refractivity contribution is 6.14. The molecule has 2 aliphatic rings. The van der Waals surface area contributed by atoms with Crippen molar-refractivity contribution < 1.29 is 23.6 Å². The van der Waals surface area contributed by atoms with Crippen LogP contribution in [0.1, 0.15) is 55.1 Å². The van der Waals surface area contributed by atoms with Gasteiger partial charge in [-0.2, -0.15) is 0 Å². The smallest absolute Gasteiger partial charge is 0.199 e. The van der Waals surface area contributed by atoms with Crippen molar-refractivity contribution in [3.05, 3.63) is 22.5 Å². The molecule has 0 aromatic carbocycles. The molecule has 0 atom stereocenters. The number of ether oxygens (including phenoxy) is 1. The molecular formula is C18H23NO4. The van der Waals surface area contributed by atoms with E-state index in [1.807, 2.05) is 6.92 Å². The quantitative estimate of drug-likeness (QED) is 0.488. The minimum Gasteiger partial charge on any atom is -0.573 e. The van der Waals surface area contributed by atoms with E-state index >= 15 is 0 Å². The van der Waals surface area contributed by atoms with E-state index in [0.717, 1.165) is 50.8 Å². The van der Waals surface area contributed by atoms with Crippen LogP contribution in [-0.4, -0.2) is 36.3 Å². The van der Waals surface area contributed by atoms with Crippen LogP contribution in [-0.2, 0) is 0 Å². The number of hydrogen-bond acceptors (Lipinski definition) is 4. The molecule has 23 heavy (non-hydrogen) atoms. The van der Waals surface area contributed by atoms with Gasteiger partial charge in [-0.05, 0) is 26.7 Å². The molecule has 5 heteroatoms. The number of Topliss-reactive ketones (excluding diaryl/α,β-unsaturated/α-hetero) is 1. The number of furan rings is 1. The van der Waals surface area contributed by atoms with E-state index in [9.17, 15) is 9.90 Å². The first-order chi connectivity index (χ1) is 11.0. The summed E-state index contributed by atoms with van der Waals surface area (Å²) >= 11 is 0. The standard InChI is InChI=1S/C18H23NO4/c1-11(13-7-4-5-9-19-10-6-8-14(13)19)15(20)17-16(22-3)12(2)18(21)23-17/h4-10H2,1-3H3/b13-11+. The van der Waals surface area contributed by atoms with E-state index < -0.39 is 5.95 Å². The van der Waals surface area contributed by atoms with Crippen LogP contribution in [0.5, 0.6) is 11.7 Å². The summed E-state index contributed by atoms with van der Waals surface area (Å²) in [6.45, 7) is 5.61. The van der Waals surface area contributed by atoms with Gasteiger partial charge in [-0.15, -0.1) is 0 Å². The van der Waals surface area contributed by atoms with Crippen molar-refractivity contribution in [1.29, 1.82) is 0 Å². The first-order valence-electron chi connectivity index (χ1n) is 8.24. The summed E-state index contributed by atoms with van der Waals surface area (Å²) in [5.41, 5.74) is 3.47. The third-order valence-electron chi connectivity index (χ3n) is 4.93. The normalized spacial score (nSPS) is 20.3. The molecule has 0 N–H and O–H groups in total. The van der Waals surface area contributed by atoms with Crippen LogP contribution in [0, 0.1) is 6.92 Å². The lowest BCUT2D eigenvalue weighted by atomic mass is 9.94. The minimum absolute atomic E-state index is 0.0365. The number of methoxy groups -OCH3 is 1. The van der Waals surface area contributed by atoms with Gasteiger partial charge in [-0.3, -0.25) is 4.79 Å². The Labute approximate surface area is 136 Å². The summed E-state index contributed by atoms with van der Waals surface area (Å²) in [5, 5.41) is 11.7. The van der Waals surface area contributed by atoms with Crippen molar-refractivity contribution in [2.75, 3.05) is 20.2 Å². The third-order valence-corrected chi connectivity index (χ3v) is 4.93. The van der Waals surface area contributed by atoms with Crippen molar-refractivity contribution >= 4 is 11.5 Å². The molecule has 0 fully saturated rings. The van der Waals surface area contributed by atoms with Crippen molar-refractivity contribution in [1.82, 2.24) is 0 Å². The van der Waals surface area contributed by atoms with Gasteiger partial charge in [0.2, 0.25) is 0 Å². The van der Waals surface area contributed by atoms with Crippen LogP contribution in [0.25, 0.3) is 0 Å². The van der Waals surface area contributed by atoms with Crippen LogP contribution in [0.15, 0.2) is 15.6 Å². The van der Waals surface area contributed by atoms with Crippen LogP contribution in [0.2, 0.25) is 0 Å². The molecule has 0 saturated heterocycles. The number of ketones is 1. The maximum absolute atomic E-state index is 12.9. The average Bonchev–Trinajstić information content (AvgIpc) is 3.05. The summed E-state index contributed by atoms with van der Waals surface area (Å²) in [5.74, 6) is -0.432. The number of allylic oxidation sites excluding steroid dienone is 2. The number of carbonyl (C=O) groups excluding carboxylic acids is 1. The molecule has 0 unspecified atom stereocenters. The monoisotopic (exact) mass is 317 g/mol. The second-order valence-corrected chi connectivity index (χ2v) is 6.30. The topological polar surface area (TPSA) is 65.5 Å². The van der Waals surface area contributed by atoms with Crippen LogP contribution < -0.4 is 9.84 Å². The highest BCUT2D eigenvalue weighted by Crippen LogP contribution is 2.35. The number of carbonyl (C=O) groups is 1. The Kier molecular flexibility index (Phi) is 4.28. The van der Waals surface area contributed by atoms with E-state index in [2.05, 4.69) is 4.58 Å². The predicted molar refractivity (Wildman–Crippen MR) is 84.6 cm³/mol.